The van der Waals surface area contributed by atoms with Crippen LogP contribution in [0.4, 0.5) is 0 Å². The Morgan fingerprint density at radius 3 is 2.47 bits per heavy atom. The van der Waals surface area contributed by atoms with Crippen molar-refractivity contribution >= 4 is 23.9 Å². The van der Waals surface area contributed by atoms with E-state index < -0.39 is 24.6 Å². The second-order valence-corrected chi connectivity index (χ2v) is 3.90. The van der Waals surface area contributed by atoms with Gasteiger partial charge in [-0.3, -0.25) is 9.59 Å². The van der Waals surface area contributed by atoms with E-state index in [0.717, 1.165) is 0 Å². The van der Waals surface area contributed by atoms with Gasteiger partial charge in [0.05, 0.1) is 24.2 Å². The van der Waals surface area contributed by atoms with E-state index in [1.807, 2.05) is 0 Å². The molecule has 1 heterocycles. The molecule has 0 spiro atoms. The van der Waals surface area contributed by atoms with Gasteiger partial charge in [0.15, 0.2) is 6.29 Å². The van der Waals surface area contributed by atoms with Gasteiger partial charge in [0.1, 0.15) is 5.42 Å². The lowest BCUT2D eigenvalue weighted by molar-refractivity contribution is -0.136. The fourth-order valence-corrected chi connectivity index (χ4v) is 1.80. The van der Waals surface area contributed by atoms with Gasteiger partial charge in [-0.25, -0.2) is 4.79 Å². The summed E-state index contributed by atoms with van der Waals surface area (Å²) in [6, 6.07) is 0. The maximum Gasteiger partial charge on any atom is 0.340 e. The van der Waals surface area contributed by atoms with Crippen molar-refractivity contribution in [2.24, 2.45) is 0 Å². The van der Waals surface area contributed by atoms with Crippen LogP contribution in [0.1, 0.15) is 18.1 Å². The number of carboxylic acid groups (broad SMARTS) is 1. The van der Waals surface area contributed by atoms with Gasteiger partial charge < -0.3 is 14.6 Å². The summed E-state index contributed by atoms with van der Waals surface area (Å²) < 4.78 is 4.98. The second-order valence-electron chi connectivity index (χ2n) is 3.90. The van der Waals surface area contributed by atoms with Gasteiger partial charge in [-0.1, -0.05) is 6.08 Å². The summed E-state index contributed by atoms with van der Waals surface area (Å²) in [5, 5.41) is 18.3. The lowest BCUT2D eigenvalue weighted by Crippen LogP contribution is -2.37. The SMILES string of the molecule is C/C=c1/c(C)c(CC(=O)O)c(=O)o/c1=C(\C=O)CO. The van der Waals surface area contributed by atoms with Gasteiger partial charge in [-0.15, -0.1) is 0 Å². The van der Waals surface area contributed by atoms with Crippen molar-refractivity contribution in [3.05, 3.63) is 32.2 Å². The monoisotopic (exact) mass is 266 g/mol. The van der Waals surface area contributed by atoms with Crippen LogP contribution in [0.15, 0.2) is 9.21 Å². The molecule has 0 aliphatic rings. The number of carbonyl (C=O) groups excluding carboxylic acids is 1. The molecule has 1 aromatic rings. The molecule has 6 heteroatoms. The fourth-order valence-electron chi connectivity index (χ4n) is 1.80. The molecule has 1 aromatic heterocycles. The molecule has 0 saturated heterocycles. The Labute approximate surface area is 108 Å². The number of aliphatic carboxylic acids is 1. The van der Waals surface area contributed by atoms with E-state index in [1.165, 1.54) is 0 Å². The Morgan fingerprint density at radius 1 is 1.42 bits per heavy atom. The summed E-state index contributed by atoms with van der Waals surface area (Å²) in [5.74, 6) is -1.15. The van der Waals surface area contributed by atoms with Crippen LogP contribution >= 0.6 is 0 Å². The third-order valence-corrected chi connectivity index (χ3v) is 2.76. The number of aliphatic hydroxyl groups excluding tert-OH is 1. The molecule has 1 rings (SSSR count). The average Bonchev–Trinajstić information content (AvgIpc) is 2.36. The third-order valence-electron chi connectivity index (χ3n) is 2.76. The highest BCUT2D eigenvalue weighted by atomic mass is 16.4. The van der Waals surface area contributed by atoms with Crippen molar-refractivity contribution < 1.29 is 24.2 Å². The Balaban J connectivity index is 3.86. The topological polar surface area (TPSA) is 105 Å². The molecule has 0 amide bonds. The lowest BCUT2D eigenvalue weighted by atomic mass is 10.1. The van der Waals surface area contributed by atoms with E-state index in [2.05, 4.69) is 0 Å². The highest BCUT2D eigenvalue weighted by Gasteiger charge is 2.13. The van der Waals surface area contributed by atoms with E-state index >= 15 is 0 Å². The summed E-state index contributed by atoms with van der Waals surface area (Å²) in [6.45, 7) is 2.68. The molecule has 6 nitrogen and oxygen atoms in total. The molecule has 0 bridgehead atoms. The fraction of sp³-hybridized carbons (Fsp3) is 0.308. The molecule has 19 heavy (non-hydrogen) atoms. The van der Waals surface area contributed by atoms with Gasteiger partial charge in [-0.05, 0) is 19.4 Å². The maximum atomic E-state index is 11.7. The first-order valence-electron chi connectivity index (χ1n) is 5.56. The molecular weight excluding hydrogens is 252 g/mol. The minimum Gasteiger partial charge on any atom is -0.481 e. The lowest BCUT2D eigenvalue weighted by Gasteiger charge is -2.04. The molecule has 0 unspecified atom stereocenters. The first-order chi connectivity index (χ1) is 8.96. The molecule has 0 aliphatic heterocycles. The second kappa shape index (κ2) is 6.10. The third kappa shape index (κ3) is 2.97. The van der Waals surface area contributed by atoms with Gasteiger partial charge in [0, 0.05) is 5.22 Å². The Bertz CT molecular complexity index is 680. The van der Waals surface area contributed by atoms with Crippen LogP contribution in [-0.2, 0) is 16.0 Å². The van der Waals surface area contributed by atoms with Crippen LogP contribution in [0.2, 0.25) is 0 Å². The average molecular weight is 266 g/mol. The van der Waals surface area contributed by atoms with Crippen molar-refractivity contribution in [1.29, 1.82) is 0 Å². The number of rotatable bonds is 4. The van der Waals surface area contributed by atoms with Crippen molar-refractivity contribution in [3.8, 4) is 0 Å². The largest absolute Gasteiger partial charge is 0.481 e. The van der Waals surface area contributed by atoms with Gasteiger partial charge in [0.2, 0.25) is 0 Å². The molecule has 102 valence electrons. The zero-order valence-corrected chi connectivity index (χ0v) is 10.6. The minimum absolute atomic E-state index is 0.0170. The van der Waals surface area contributed by atoms with Crippen LogP contribution in [0.25, 0.3) is 11.6 Å². The summed E-state index contributed by atoms with van der Waals surface area (Å²) >= 11 is 0. The number of carbonyl (C=O) groups is 2. The molecule has 0 atom stereocenters. The van der Waals surface area contributed by atoms with Crippen LogP contribution < -0.4 is 16.3 Å². The summed E-state index contributed by atoms with van der Waals surface area (Å²) in [6.07, 6.45) is 1.55. The van der Waals surface area contributed by atoms with E-state index in [4.69, 9.17) is 14.6 Å². The van der Waals surface area contributed by atoms with Crippen molar-refractivity contribution in [2.75, 3.05) is 6.61 Å². The minimum atomic E-state index is -1.15. The predicted molar refractivity (Wildman–Crippen MR) is 67.0 cm³/mol. The smallest absolute Gasteiger partial charge is 0.340 e. The highest BCUT2D eigenvalue weighted by molar-refractivity contribution is 5.98. The molecule has 2 N–H and O–H groups in total. The van der Waals surface area contributed by atoms with Crippen molar-refractivity contribution in [2.45, 2.75) is 20.3 Å². The van der Waals surface area contributed by atoms with Gasteiger partial charge in [-0.2, -0.15) is 0 Å². The van der Waals surface area contributed by atoms with Crippen molar-refractivity contribution in [3.63, 3.8) is 0 Å². The van der Waals surface area contributed by atoms with Crippen molar-refractivity contribution in [1.82, 2.24) is 0 Å². The maximum absolute atomic E-state index is 11.7. The molecule has 0 radical (unpaired) electrons. The van der Waals surface area contributed by atoms with E-state index in [9.17, 15) is 14.4 Å². The molecule has 0 aromatic carbocycles. The summed E-state index contributed by atoms with van der Waals surface area (Å²) in [7, 11) is 0. The van der Waals surface area contributed by atoms with Crippen LogP contribution in [0, 0.1) is 6.92 Å². The molecular formula is C13H14O6. The first kappa shape index (κ1) is 14.8. The number of carboxylic acids is 1. The molecule has 0 fully saturated rings. The Hall–Kier alpha value is -2.21. The summed E-state index contributed by atoms with van der Waals surface area (Å²) in [5.41, 5.74) is -0.420. The number of aliphatic hydroxyl groups is 1. The van der Waals surface area contributed by atoms with Gasteiger partial charge >= 0.3 is 11.6 Å². The van der Waals surface area contributed by atoms with Crippen LogP contribution in [0.3, 0.4) is 0 Å². The number of hydrogen-bond acceptors (Lipinski definition) is 5. The quantitative estimate of drug-likeness (QED) is 0.657. The molecule has 0 saturated carbocycles. The predicted octanol–water partition coefficient (Wildman–Crippen LogP) is -1.28. The molecule has 0 aliphatic carbocycles. The highest BCUT2D eigenvalue weighted by Crippen LogP contribution is 1.97. The van der Waals surface area contributed by atoms with Gasteiger partial charge in [0.25, 0.3) is 0 Å². The summed E-state index contributed by atoms with van der Waals surface area (Å²) in [4.78, 5) is 33.3. The van der Waals surface area contributed by atoms with E-state index in [1.54, 1.807) is 19.9 Å². The zero-order chi connectivity index (χ0) is 14.6. The first-order valence-corrected chi connectivity index (χ1v) is 5.56. The Morgan fingerprint density at radius 2 is 2.05 bits per heavy atom. The van der Waals surface area contributed by atoms with Crippen LogP contribution in [0.5, 0.6) is 0 Å². The van der Waals surface area contributed by atoms with E-state index in [-0.39, 0.29) is 16.6 Å². The normalized spacial score (nSPS) is 13.3. The van der Waals surface area contributed by atoms with Crippen LogP contribution in [-0.4, -0.2) is 29.1 Å². The Kier molecular flexibility index (Phi) is 4.77. The zero-order valence-electron chi connectivity index (χ0n) is 10.6. The standard InChI is InChI=1S/C13H14O6/c1-3-9-7(2)10(4-11(16)17)13(18)19-12(9)8(5-14)6-15/h3,5,15H,4,6H2,1-2H3,(H,16,17)/b9-3-,12-8+. The van der Waals surface area contributed by atoms with E-state index in [0.29, 0.717) is 17.1 Å². The number of hydrogen-bond donors (Lipinski definition) is 2. The number of aldehydes is 1.